The molecule has 0 saturated heterocycles. The number of carbonyl (C=O) groups excluding carboxylic acids is 1. The number of Topliss-reactive ketones (excluding diaryl/α,β-unsaturated/α-hetero) is 1. The highest BCUT2D eigenvalue weighted by molar-refractivity contribution is 6.11. The van der Waals surface area contributed by atoms with Gasteiger partial charge in [-0.3, -0.25) is 24.4 Å². The van der Waals surface area contributed by atoms with Gasteiger partial charge in [-0.2, -0.15) is 0 Å². The molecular formula is C43H52N6O7. The molecule has 4 aromatic heterocycles. The van der Waals surface area contributed by atoms with Crippen molar-refractivity contribution in [1.82, 2.24) is 19.1 Å². The van der Waals surface area contributed by atoms with E-state index in [-0.39, 0.29) is 46.9 Å². The fourth-order valence-electron chi connectivity index (χ4n) is 7.22. The predicted molar refractivity (Wildman–Crippen MR) is 221 cm³/mol. The predicted octanol–water partition coefficient (Wildman–Crippen LogP) is 6.20. The Morgan fingerprint density at radius 1 is 0.696 bits per heavy atom. The molecule has 0 amide bonds. The minimum Gasteiger partial charge on any atom is -0.491 e. The number of hydrogen-bond donors (Lipinski definition) is 3. The van der Waals surface area contributed by atoms with Crippen molar-refractivity contribution >= 4 is 55.1 Å². The Balaban J connectivity index is 0.000000214. The van der Waals surface area contributed by atoms with Gasteiger partial charge in [-0.05, 0) is 80.5 Å². The quantitative estimate of drug-likeness (QED) is 0.0949. The Kier molecular flexibility index (Phi) is 12.6. The summed E-state index contributed by atoms with van der Waals surface area (Å²) in [5, 5.41) is 13.7. The van der Waals surface area contributed by atoms with Gasteiger partial charge in [0.1, 0.15) is 30.3 Å². The smallest absolute Gasteiger partial charge is 0.339 e. The van der Waals surface area contributed by atoms with E-state index >= 15 is 0 Å². The SMILES string of the molecule is CC(=O)c1cc2c3ccnc(C)c3c(=O)n(C)c2cc1OC[C@@H](N)CC(C)C.Cc1nccc2c1c(=O)n(C)c1cc(OC[C@@H](N)CC(C)C)c(C(=O)O)cc21. The number of hydrogen-bond acceptors (Lipinski definition) is 10. The van der Waals surface area contributed by atoms with E-state index in [4.69, 9.17) is 20.9 Å². The number of rotatable bonds is 12. The summed E-state index contributed by atoms with van der Waals surface area (Å²) in [7, 11) is 3.38. The first-order valence-electron chi connectivity index (χ1n) is 18.8. The van der Waals surface area contributed by atoms with Gasteiger partial charge in [0.2, 0.25) is 0 Å². The lowest BCUT2D eigenvalue weighted by Gasteiger charge is -2.18. The van der Waals surface area contributed by atoms with Gasteiger partial charge in [0, 0.05) is 61.5 Å². The molecule has 6 aromatic rings. The van der Waals surface area contributed by atoms with Crippen LogP contribution in [0.4, 0.5) is 0 Å². The standard InChI is InChI=1S/C22H27N3O3.C21H25N3O4/c1-12(2)8-15(23)11-28-20-10-19-18(9-17(20)14(4)26)16-6-7-24-13(3)21(16)22(27)25(19)5;1-11(2)7-13(22)10-28-18-9-17-15(8-16(18)21(26)27)14-5-6-23-12(3)19(14)20(25)24(17)4/h6-7,9-10,12,15H,8,11,23H2,1-5H3;5-6,8-9,11,13H,7,10,22H2,1-4H3,(H,26,27)/t15-;13-/m00/s1. The summed E-state index contributed by atoms with van der Waals surface area (Å²) in [6.45, 7) is 14.0. The summed E-state index contributed by atoms with van der Waals surface area (Å²) in [5.74, 6) is 0.354. The third kappa shape index (κ3) is 8.58. The zero-order chi connectivity index (χ0) is 41.2. The van der Waals surface area contributed by atoms with Gasteiger partial charge in [0.25, 0.3) is 11.1 Å². The van der Waals surface area contributed by atoms with E-state index in [9.17, 15) is 24.3 Å². The summed E-state index contributed by atoms with van der Waals surface area (Å²) >= 11 is 0. The average Bonchev–Trinajstić information content (AvgIpc) is 3.13. The van der Waals surface area contributed by atoms with Crippen LogP contribution in [-0.4, -0.2) is 61.3 Å². The molecule has 5 N–H and O–H groups in total. The van der Waals surface area contributed by atoms with E-state index in [0.717, 1.165) is 23.6 Å². The second kappa shape index (κ2) is 17.0. The van der Waals surface area contributed by atoms with Gasteiger partial charge in [0.05, 0.1) is 38.8 Å². The number of ether oxygens (including phenoxy) is 2. The van der Waals surface area contributed by atoms with E-state index in [1.54, 1.807) is 62.2 Å². The lowest BCUT2D eigenvalue weighted by Crippen LogP contribution is -2.29. The Labute approximate surface area is 325 Å². The molecule has 0 spiro atoms. The van der Waals surface area contributed by atoms with Crippen LogP contribution in [0.15, 0.2) is 58.4 Å². The van der Waals surface area contributed by atoms with Crippen molar-refractivity contribution in [3.05, 3.63) is 92.0 Å². The van der Waals surface area contributed by atoms with Crippen molar-refractivity contribution < 1.29 is 24.2 Å². The molecule has 2 aromatic carbocycles. The highest BCUT2D eigenvalue weighted by atomic mass is 16.5. The largest absolute Gasteiger partial charge is 0.491 e. The van der Waals surface area contributed by atoms with E-state index in [0.29, 0.717) is 73.7 Å². The number of aromatic carboxylic acids is 1. The minimum atomic E-state index is -1.10. The zero-order valence-corrected chi connectivity index (χ0v) is 33.6. The maximum atomic E-state index is 12.9. The number of carboxylic acid groups (broad SMARTS) is 1. The highest BCUT2D eigenvalue weighted by Crippen LogP contribution is 2.32. The molecule has 13 nitrogen and oxygen atoms in total. The van der Waals surface area contributed by atoms with Crippen LogP contribution in [-0.2, 0) is 14.1 Å². The van der Waals surface area contributed by atoms with Gasteiger partial charge in [-0.15, -0.1) is 0 Å². The molecule has 13 heteroatoms. The van der Waals surface area contributed by atoms with E-state index < -0.39 is 5.97 Å². The van der Waals surface area contributed by atoms with Crippen molar-refractivity contribution in [2.75, 3.05) is 13.2 Å². The van der Waals surface area contributed by atoms with Crippen molar-refractivity contribution in [3.63, 3.8) is 0 Å². The lowest BCUT2D eigenvalue weighted by molar-refractivity contribution is 0.0691. The van der Waals surface area contributed by atoms with E-state index in [1.165, 1.54) is 11.5 Å². The first kappa shape index (κ1) is 41.5. The molecule has 2 atom stereocenters. The molecule has 296 valence electrons. The third-order valence-electron chi connectivity index (χ3n) is 9.88. The Morgan fingerprint density at radius 2 is 1.09 bits per heavy atom. The van der Waals surface area contributed by atoms with Crippen molar-refractivity contribution in [2.24, 2.45) is 37.4 Å². The maximum Gasteiger partial charge on any atom is 0.339 e. The van der Waals surface area contributed by atoms with Crippen LogP contribution in [0.2, 0.25) is 0 Å². The number of aryl methyl sites for hydroxylation is 4. The molecule has 0 aliphatic rings. The lowest BCUT2D eigenvalue weighted by atomic mass is 10.0. The summed E-state index contributed by atoms with van der Waals surface area (Å²) in [6, 6.07) is 9.97. The number of nitrogens with two attached hydrogens (primary N) is 2. The van der Waals surface area contributed by atoms with Gasteiger partial charge in [-0.1, -0.05) is 27.7 Å². The monoisotopic (exact) mass is 764 g/mol. The van der Waals surface area contributed by atoms with Crippen molar-refractivity contribution in [1.29, 1.82) is 0 Å². The molecule has 0 saturated carbocycles. The van der Waals surface area contributed by atoms with Crippen molar-refractivity contribution in [2.45, 2.75) is 73.4 Å². The summed E-state index contributed by atoms with van der Waals surface area (Å²) in [6.07, 6.45) is 4.90. The summed E-state index contributed by atoms with van der Waals surface area (Å²) < 4.78 is 14.8. The van der Waals surface area contributed by atoms with Gasteiger partial charge in [0.15, 0.2) is 5.78 Å². The summed E-state index contributed by atoms with van der Waals surface area (Å²) in [4.78, 5) is 58.3. The van der Waals surface area contributed by atoms with Crippen LogP contribution in [0.3, 0.4) is 0 Å². The number of carbonyl (C=O) groups is 2. The van der Waals surface area contributed by atoms with Crippen LogP contribution < -0.4 is 32.1 Å². The van der Waals surface area contributed by atoms with Crippen LogP contribution in [0.1, 0.15) is 79.6 Å². The highest BCUT2D eigenvalue weighted by Gasteiger charge is 2.20. The number of carboxylic acids is 1. The number of nitrogens with zero attached hydrogens (tertiary/aromatic N) is 4. The van der Waals surface area contributed by atoms with Crippen LogP contribution in [0.5, 0.6) is 11.5 Å². The molecule has 0 aliphatic carbocycles. The van der Waals surface area contributed by atoms with Crippen LogP contribution >= 0.6 is 0 Å². The minimum absolute atomic E-state index is 0.0404. The average molecular weight is 765 g/mol. The first-order chi connectivity index (χ1) is 26.4. The van der Waals surface area contributed by atoms with Gasteiger partial charge < -0.3 is 35.2 Å². The second-order valence-electron chi connectivity index (χ2n) is 15.4. The van der Waals surface area contributed by atoms with Gasteiger partial charge in [-0.25, -0.2) is 4.79 Å². The molecule has 6 rings (SSSR count). The van der Waals surface area contributed by atoms with E-state index in [2.05, 4.69) is 37.7 Å². The Morgan fingerprint density at radius 3 is 1.46 bits per heavy atom. The second-order valence-corrected chi connectivity index (χ2v) is 15.4. The number of benzene rings is 2. The molecule has 4 heterocycles. The molecular weight excluding hydrogens is 713 g/mol. The van der Waals surface area contributed by atoms with E-state index in [1.807, 2.05) is 19.1 Å². The molecule has 0 fully saturated rings. The normalized spacial score (nSPS) is 12.7. The first-order valence-corrected chi connectivity index (χ1v) is 18.8. The number of pyridine rings is 4. The molecule has 0 radical (unpaired) electrons. The van der Waals surface area contributed by atoms with Crippen LogP contribution in [0, 0.1) is 25.7 Å². The fraction of sp³-hybridized carbons (Fsp3) is 0.395. The zero-order valence-electron chi connectivity index (χ0n) is 33.6. The number of fused-ring (bicyclic) bond motifs is 6. The molecule has 0 aliphatic heterocycles. The third-order valence-corrected chi connectivity index (χ3v) is 9.88. The van der Waals surface area contributed by atoms with Crippen LogP contribution in [0.25, 0.3) is 43.4 Å². The fourth-order valence-corrected chi connectivity index (χ4v) is 7.22. The summed E-state index contributed by atoms with van der Waals surface area (Å²) in [5.41, 5.74) is 15.0. The number of aromatic nitrogens is 4. The van der Waals surface area contributed by atoms with Gasteiger partial charge >= 0.3 is 5.97 Å². The maximum absolute atomic E-state index is 12.9. The Bertz CT molecular complexity index is 2410. The topological polar surface area (TPSA) is 195 Å². The molecule has 0 bridgehead atoms. The molecule has 0 unspecified atom stereocenters. The Hall–Kier alpha value is -5.66. The number of ketones is 1. The van der Waals surface area contributed by atoms with Crippen molar-refractivity contribution in [3.8, 4) is 11.5 Å². The molecule has 56 heavy (non-hydrogen) atoms.